The van der Waals surface area contributed by atoms with Crippen LogP contribution in [-0.2, 0) is 0 Å². The normalized spacial score (nSPS) is 10.8. The Morgan fingerprint density at radius 2 is 2.14 bits per heavy atom. The first-order valence-electron chi connectivity index (χ1n) is 6.06. The molecular weight excluding hydrogens is 292 g/mol. The third-order valence-corrected chi connectivity index (χ3v) is 3.95. The second-order valence-electron chi connectivity index (χ2n) is 4.27. The molecule has 7 heteroatoms. The molecule has 0 aliphatic heterocycles. The standard InChI is InChI=1S/C14H12N2O4S/c1-19-8-3-4-12(20-2)9(5-8)11-7-21-14-15-10(13(17)18)6-16(11)14/h3-7H,1-2H3,(H,17,18). The van der Waals surface area contributed by atoms with Gasteiger partial charge in [-0.3, -0.25) is 4.40 Å². The zero-order valence-corrected chi connectivity index (χ0v) is 12.2. The molecule has 6 nitrogen and oxygen atoms in total. The number of hydrogen-bond donors (Lipinski definition) is 1. The number of aromatic carboxylic acids is 1. The molecule has 21 heavy (non-hydrogen) atoms. The Morgan fingerprint density at radius 1 is 1.33 bits per heavy atom. The Labute approximate surface area is 124 Å². The maximum atomic E-state index is 11.0. The molecule has 0 radical (unpaired) electrons. The lowest BCUT2D eigenvalue weighted by Gasteiger charge is -2.09. The highest BCUT2D eigenvalue weighted by Gasteiger charge is 2.16. The number of nitrogens with zero attached hydrogens (tertiary/aromatic N) is 2. The predicted molar refractivity (Wildman–Crippen MR) is 78.6 cm³/mol. The van der Waals surface area contributed by atoms with Crippen molar-refractivity contribution in [2.75, 3.05) is 14.2 Å². The molecule has 0 spiro atoms. The van der Waals surface area contributed by atoms with E-state index in [-0.39, 0.29) is 5.69 Å². The van der Waals surface area contributed by atoms with Crippen molar-refractivity contribution in [2.24, 2.45) is 0 Å². The minimum absolute atomic E-state index is 0.0185. The van der Waals surface area contributed by atoms with Crippen molar-refractivity contribution in [3.05, 3.63) is 35.5 Å². The fourth-order valence-electron chi connectivity index (χ4n) is 2.09. The molecule has 1 aromatic carbocycles. The van der Waals surface area contributed by atoms with E-state index in [1.165, 1.54) is 17.5 Å². The zero-order chi connectivity index (χ0) is 15.0. The summed E-state index contributed by atoms with van der Waals surface area (Å²) in [5.74, 6) is 0.333. The second kappa shape index (κ2) is 5.10. The van der Waals surface area contributed by atoms with Crippen LogP contribution >= 0.6 is 11.3 Å². The van der Waals surface area contributed by atoms with E-state index < -0.39 is 5.97 Å². The van der Waals surface area contributed by atoms with E-state index in [1.807, 2.05) is 23.6 Å². The Hall–Kier alpha value is -2.54. The number of benzene rings is 1. The highest BCUT2D eigenvalue weighted by atomic mass is 32.1. The number of fused-ring (bicyclic) bond motifs is 1. The molecular formula is C14H12N2O4S. The topological polar surface area (TPSA) is 73.1 Å². The van der Waals surface area contributed by atoms with Crippen LogP contribution in [0.3, 0.4) is 0 Å². The van der Waals surface area contributed by atoms with Crippen molar-refractivity contribution in [1.82, 2.24) is 9.38 Å². The smallest absolute Gasteiger partial charge is 0.356 e. The number of imidazole rings is 1. The summed E-state index contributed by atoms with van der Waals surface area (Å²) < 4.78 is 12.3. The van der Waals surface area contributed by atoms with Gasteiger partial charge in [0.2, 0.25) is 0 Å². The molecule has 108 valence electrons. The van der Waals surface area contributed by atoms with Gasteiger partial charge in [-0.2, -0.15) is 0 Å². The van der Waals surface area contributed by atoms with Crippen molar-refractivity contribution in [1.29, 1.82) is 0 Å². The van der Waals surface area contributed by atoms with Gasteiger partial charge in [0.15, 0.2) is 10.7 Å². The average molecular weight is 304 g/mol. The second-order valence-corrected chi connectivity index (χ2v) is 5.11. The number of ether oxygens (including phenoxy) is 2. The van der Waals surface area contributed by atoms with Crippen LogP contribution in [0.4, 0.5) is 0 Å². The number of rotatable bonds is 4. The maximum Gasteiger partial charge on any atom is 0.356 e. The van der Waals surface area contributed by atoms with Crippen molar-refractivity contribution in [2.45, 2.75) is 0 Å². The quantitative estimate of drug-likeness (QED) is 0.802. The first kappa shape index (κ1) is 13.4. The summed E-state index contributed by atoms with van der Waals surface area (Å²) in [5.41, 5.74) is 1.65. The number of carboxylic acid groups (broad SMARTS) is 1. The molecule has 0 aliphatic carbocycles. The van der Waals surface area contributed by atoms with Gasteiger partial charge in [0, 0.05) is 17.1 Å². The molecule has 2 heterocycles. The Balaban J connectivity index is 2.21. The summed E-state index contributed by atoms with van der Waals surface area (Å²) in [6.07, 6.45) is 1.50. The lowest BCUT2D eigenvalue weighted by molar-refractivity contribution is 0.0691. The van der Waals surface area contributed by atoms with Crippen LogP contribution in [-0.4, -0.2) is 34.7 Å². The van der Waals surface area contributed by atoms with Crippen LogP contribution in [0.2, 0.25) is 0 Å². The first-order chi connectivity index (χ1) is 10.1. The molecule has 0 saturated heterocycles. The summed E-state index contributed by atoms with van der Waals surface area (Å²) in [4.78, 5) is 15.7. The lowest BCUT2D eigenvalue weighted by Crippen LogP contribution is -1.95. The zero-order valence-electron chi connectivity index (χ0n) is 11.4. The van der Waals surface area contributed by atoms with Gasteiger partial charge in [-0.25, -0.2) is 9.78 Å². The summed E-state index contributed by atoms with van der Waals surface area (Å²) in [6.45, 7) is 0. The van der Waals surface area contributed by atoms with Gasteiger partial charge in [0.1, 0.15) is 11.5 Å². The van der Waals surface area contributed by atoms with Crippen molar-refractivity contribution < 1.29 is 19.4 Å². The minimum Gasteiger partial charge on any atom is -0.497 e. The van der Waals surface area contributed by atoms with E-state index in [0.29, 0.717) is 16.5 Å². The molecule has 2 aromatic heterocycles. The van der Waals surface area contributed by atoms with Crippen LogP contribution in [0.15, 0.2) is 29.8 Å². The summed E-state index contributed by atoms with van der Waals surface area (Å²) in [7, 11) is 3.18. The molecule has 0 amide bonds. The average Bonchev–Trinajstić information content (AvgIpc) is 3.06. The van der Waals surface area contributed by atoms with Gasteiger partial charge >= 0.3 is 5.97 Å². The van der Waals surface area contributed by atoms with Crippen molar-refractivity contribution in [3.63, 3.8) is 0 Å². The van der Waals surface area contributed by atoms with Crippen LogP contribution in [0.1, 0.15) is 10.5 Å². The monoisotopic (exact) mass is 304 g/mol. The van der Waals surface area contributed by atoms with Gasteiger partial charge in [0.25, 0.3) is 0 Å². The molecule has 0 atom stereocenters. The minimum atomic E-state index is -1.05. The van der Waals surface area contributed by atoms with Crippen LogP contribution in [0.25, 0.3) is 16.2 Å². The van der Waals surface area contributed by atoms with Crippen LogP contribution in [0.5, 0.6) is 11.5 Å². The fourth-order valence-corrected chi connectivity index (χ4v) is 2.97. The molecule has 0 aliphatic rings. The van der Waals surface area contributed by atoms with E-state index in [1.54, 1.807) is 18.6 Å². The third kappa shape index (κ3) is 2.21. The van der Waals surface area contributed by atoms with Crippen LogP contribution < -0.4 is 9.47 Å². The summed E-state index contributed by atoms with van der Waals surface area (Å²) in [5, 5.41) is 10.9. The summed E-state index contributed by atoms with van der Waals surface area (Å²) >= 11 is 1.37. The van der Waals surface area contributed by atoms with Crippen LogP contribution in [0, 0.1) is 0 Å². The third-order valence-electron chi connectivity index (χ3n) is 3.11. The number of thiazole rings is 1. The summed E-state index contributed by atoms with van der Waals surface area (Å²) in [6, 6.07) is 5.47. The maximum absolute atomic E-state index is 11.0. The van der Waals surface area contributed by atoms with Gasteiger partial charge in [-0.1, -0.05) is 0 Å². The Morgan fingerprint density at radius 3 is 2.81 bits per heavy atom. The highest BCUT2D eigenvalue weighted by Crippen LogP contribution is 2.35. The van der Waals surface area contributed by atoms with Gasteiger partial charge in [-0.15, -0.1) is 11.3 Å². The van der Waals surface area contributed by atoms with E-state index in [9.17, 15) is 4.79 Å². The van der Waals surface area contributed by atoms with E-state index in [4.69, 9.17) is 14.6 Å². The van der Waals surface area contributed by atoms with Gasteiger partial charge in [0.05, 0.1) is 19.9 Å². The highest BCUT2D eigenvalue weighted by molar-refractivity contribution is 7.15. The molecule has 0 fully saturated rings. The van der Waals surface area contributed by atoms with Crippen molar-refractivity contribution in [3.8, 4) is 22.8 Å². The largest absolute Gasteiger partial charge is 0.497 e. The molecule has 1 N–H and O–H groups in total. The molecule has 0 saturated carbocycles. The van der Waals surface area contributed by atoms with Crippen molar-refractivity contribution >= 4 is 22.3 Å². The molecule has 3 rings (SSSR count). The van der Waals surface area contributed by atoms with Gasteiger partial charge in [-0.05, 0) is 18.2 Å². The Kier molecular flexibility index (Phi) is 3.26. The predicted octanol–water partition coefficient (Wildman–Crippen LogP) is 2.78. The number of carbonyl (C=O) groups is 1. The molecule has 0 bridgehead atoms. The van der Waals surface area contributed by atoms with Gasteiger partial charge < -0.3 is 14.6 Å². The lowest BCUT2D eigenvalue weighted by atomic mass is 10.1. The Bertz CT molecular complexity index is 822. The first-order valence-corrected chi connectivity index (χ1v) is 6.94. The van der Waals surface area contributed by atoms with E-state index >= 15 is 0 Å². The number of aromatic nitrogens is 2. The number of methoxy groups -OCH3 is 2. The number of carboxylic acids is 1. The molecule has 3 aromatic rings. The number of hydrogen-bond acceptors (Lipinski definition) is 5. The SMILES string of the molecule is COc1ccc(OC)c(-c2csc3nc(C(=O)O)cn23)c1. The molecule has 0 unspecified atom stereocenters. The van der Waals surface area contributed by atoms with E-state index in [0.717, 1.165) is 11.3 Å². The van der Waals surface area contributed by atoms with E-state index in [2.05, 4.69) is 4.98 Å². The fraction of sp³-hybridized carbons (Fsp3) is 0.143.